The maximum Gasteiger partial charge on any atom is 0.334 e. The van der Waals surface area contributed by atoms with Crippen molar-refractivity contribution < 1.29 is 19.8 Å². The van der Waals surface area contributed by atoms with Crippen molar-refractivity contribution in [2.24, 2.45) is 5.92 Å². The van der Waals surface area contributed by atoms with E-state index >= 15 is 0 Å². The largest absolute Gasteiger partial charge is 0.479 e. The summed E-state index contributed by atoms with van der Waals surface area (Å²) in [6.45, 7) is 1.65. The Kier molecular flexibility index (Phi) is 4.54. The van der Waals surface area contributed by atoms with Gasteiger partial charge in [0.05, 0.1) is 6.54 Å². The third-order valence-corrected chi connectivity index (χ3v) is 2.96. The smallest absolute Gasteiger partial charge is 0.334 e. The zero-order valence-corrected chi connectivity index (χ0v) is 9.27. The van der Waals surface area contributed by atoms with Crippen LogP contribution in [0.4, 0.5) is 4.79 Å². The second-order valence-electron chi connectivity index (χ2n) is 4.19. The Morgan fingerprint density at radius 1 is 1.44 bits per heavy atom. The second kappa shape index (κ2) is 5.69. The highest BCUT2D eigenvalue weighted by molar-refractivity contribution is 5.76. The first-order chi connectivity index (χ1) is 7.50. The van der Waals surface area contributed by atoms with Crippen molar-refractivity contribution in [1.82, 2.24) is 10.6 Å². The normalized spacial score (nSPS) is 19.4. The summed E-state index contributed by atoms with van der Waals surface area (Å²) in [5, 5.41) is 22.4. The lowest BCUT2D eigenvalue weighted by Crippen LogP contribution is -2.48. The van der Waals surface area contributed by atoms with E-state index < -0.39 is 18.1 Å². The number of carboxylic acid groups (broad SMARTS) is 1. The second-order valence-corrected chi connectivity index (χ2v) is 4.19. The molecule has 16 heavy (non-hydrogen) atoms. The number of aliphatic carboxylic acids is 1. The summed E-state index contributed by atoms with van der Waals surface area (Å²) in [7, 11) is 0. The van der Waals surface area contributed by atoms with Gasteiger partial charge in [-0.1, -0.05) is 6.42 Å². The van der Waals surface area contributed by atoms with Crippen molar-refractivity contribution in [2.45, 2.75) is 38.3 Å². The highest BCUT2D eigenvalue weighted by Gasteiger charge is 2.25. The van der Waals surface area contributed by atoms with Gasteiger partial charge in [0, 0.05) is 6.04 Å². The van der Waals surface area contributed by atoms with Crippen LogP contribution in [0, 0.1) is 5.92 Å². The molecule has 6 heteroatoms. The molecule has 0 radical (unpaired) electrons. The number of nitrogens with one attached hydrogen (secondary N) is 2. The average Bonchev–Trinajstić information content (AvgIpc) is 2.10. The van der Waals surface area contributed by atoms with Gasteiger partial charge in [0.1, 0.15) is 0 Å². The monoisotopic (exact) mass is 230 g/mol. The molecule has 0 saturated heterocycles. The maximum atomic E-state index is 11.3. The first-order valence-electron chi connectivity index (χ1n) is 5.46. The number of carbonyl (C=O) groups excluding carboxylic acids is 1. The Bertz CT molecular complexity index is 266. The van der Waals surface area contributed by atoms with Crippen molar-refractivity contribution >= 4 is 12.0 Å². The zero-order chi connectivity index (χ0) is 12.1. The zero-order valence-electron chi connectivity index (χ0n) is 9.27. The molecule has 2 atom stereocenters. The van der Waals surface area contributed by atoms with Crippen LogP contribution in [-0.2, 0) is 4.79 Å². The molecule has 1 aliphatic rings. The lowest BCUT2D eigenvalue weighted by atomic mass is 9.80. The molecular weight excluding hydrogens is 212 g/mol. The van der Waals surface area contributed by atoms with Gasteiger partial charge in [-0.2, -0.15) is 0 Å². The van der Waals surface area contributed by atoms with Gasteiger partial charge >= 0.3 is 12.0 Å². The highest BCUT2D eigenvalue weighted by atomic mass is 16.4. The van der Waals surface area contributed by atoms with E-state index in [4.69, 9.17) is 10.2 Å². The molecule has 1 aliphatic carbocycles. The number of aliphatic hydroxyl groups is 1. The molecular formula is C10H18N2O4. The van der Waals surface area contributed by atoms with E-state index in [9.17, 15) is 9.59 Å². The summed E-state index contributed by atoms with van der Waals surface area (Å²) in [6.07, 6.45) is 1.90. The van der Waals surface area contributed by atoms with Gasteiger partial charge in [0.25, 0.3) is 0 Å². The molecule has 0 spiro atoms. The fraction of sp³-hybridized carbons (Fsp3) is 0.800. The van der Waals surface area contributed by atoms with Crippen LogP contribution in [0.1, 0.15) is 26.2 Å². The number of urea groups is 1. The summed E-state index contributed by atoms with van der Waals surface area (Å²) in [4.78, 5) is 21.6. The minimum atomic E-state index is -1.55. The van der Waals surface area contributed by atoms with E-state index in [1.165, 1.54) is 6.42 Å². The molecule has 0 aromatic rings. The van der Waals surface area contributed by atoms with E-state index in [-0.39, 0.29) is 12.6 Å². The Balaban J connectivity index is 2.17. The van der Waals surface area contributed by atoms with Gasteiger partial charge in [0.2, 0.25) is 0 Å². The molecule has 0 heterocycles. The molecule has 0 aliphatic heterocycles. The van der Waals surface area contributed by atoms with Gasteiger partial charge in [-0.3, -0.25) is 0 Å². The predicted molar refractivity (Wildman–Crippen MR) is 57.0 cm³/mol. The molecule has 1 fully saturated rings. The van der Waals surface area contributed by atoms with Crippen LogP contribution in [0.15, 0.2) is 0 Å². The van der Waals surface area contributed by atoms with Crippen LogP contribution in [-0.4, -0.2) is 40.9 Å². The number of rotatable bonds is 5. The van der Waals surface area contributed by atoms with Crippen LogP contribution < -0.4 is 10.6 Å². The molecule has 0 aromatic heterocycles. The standard InChI is InChI=1S/C10H18N2O4/c1-6(7-3-2-4-7)12-10(16)11-5-8(13)9(14)15/h6-8,13H,2-5H2,1H3,(H,14,15)(H2,11,12,16). The molecule has 1 rings (SSSR count). The lowest BCUT2D eigenvalue weighted by molar-refractivity contribution is -0.146. The molecule has 0 bridgehead atoms. The van der Waals surface area contributed by atoms with E-state index in [1.54, 1.807) is 0 Å². The Morgan fingerprint density at radius 3 is 2.50 bits per heavy atom. The number of aliphatic hydroxyl groups excluding tert-OH is 1. The van der Waals surface area contributed by atoms with Gasteiger partial charge < -0.3 is 20.8 Å². The fourth-order valence-electron chi connectivity index (χ4n) is 1.59. The summed E-state index contributed by atoms with van der Waals surface area (Å²) in [6, 6.07) is -0.338. The number of hydrogen-bond acceptors (Lipinski definition) is 3. The minimum absolute atomic E-state index is 0.0933. The summed E-state index contributed by atoms with van der Waals surface area (Å²) in [5.41, 5.74) is 0. The fourth-order valence-corrected chi connectivity index (χ4v) is 1.59. The van der Waals surface area contributed by atoms with Gasteiger partial charge in [0.15, 0.2) is 6.10 Å². The van der Waals surface area contributed by atoms with Crippen LogP contribution in [0.2, 0.25) is 0 Å². The number of hydrogen-bond donors (Lipinski definition) is 4. The molecule has 6 nitrogen and oxygen atoms in total. The summed E-state index contributed by atoms with van der Waals surface area (Å²) >= 11 is 0. The SMILES string of the molecule is CC(NC(=O)NCC(O)C(=O)O)C1CCC1. The van der Waals surface area contributed by atoms with E-state index in [0.717, 1.165) is 12.8 Å². The highest BCUT2D eigenvalue weighted by Crippen LogP contribution is 2.29. The van der Waals surface area contributed by atoms with Crippen LogP contribution in [0.25, 0.3) is 0 Å². The third kappa shape index (κ3) is 3.69. The van der Waals surface area contributed by atoms with Crippen molar-refractivity contribution in [3.63, 3.8) is 0 Å². The van der Waals surface area contributed by atoms with Crippen molar-refractivity contribution in [1.29, 1.82) is 0 Å². The Hall–Kier alpha value is -1.30. The minimum Gasteiger partial charge on any atom is -0.479 e. The number of amides is 2. The molecule has 1 saturated carbocycles. The summed E-state index contributed by atoms with van der Waals surface area (Å²) < 4.78 is 0. The molecule has 4 N–H and O–H groups in total. The average molecular weight is 230 g/mol. The third-order valence-electron chi connectivity index (χ3n) is 2.96. The summed E-state index contributed by atoms with van der Waals surface area (Å²) in [5.74, 6) is -0.817. The Labute approximate surface area is 94.0 Å². The van der Waals surface area contributed by atoms with Crippen LogP contribution in [0.5, 0.6) is 0 Å². The molecule has 2 unspecified atom stereocenters. The van der Waals surface area contributed by atoms with Gasteiger partial charge in [-0.05, 0) is 25.7 Å². The first kappa shape index (κ1) is 12.8. The number of carboxylic acids is 1. The molecule has 2 amide bonds. The molecule has 92 valence electrons. The number of carbonyl (C=O) groups is 2. The quantitative estimate of drug-likeness (QED) is 0.531. The molecule has 0 aromatic carbocycles. The topological polar surface area (TPSA) is 98.7 Å². The van der Waals surface area contributed by atoms with Gasteiger partial charge in [-0.25, -0.2) is 9.59 Å². The van der Waals surface area contributed by atoms with Crippen LogP contribution >= 0.6 is 0 Å². The van der Waals surface area contributed by atoms with Crippen LogP contribution in [0.3, 0.4) is 0 Å². The van der Waals surface area contributed by atoms with E-state index in [1.807, 2.05) is 6.92 Å². The lowest BCUT2D eigenvalue weighted by Gasteiger charge is -2.31. The van der Waals surface area contributed by atoms with E-state index in [2.05, 4.69) is 10.6 Å². The first-order valence-corrected chi connectivity index (χ1v) is 5.46. The van der Waals surface area contributed by atoms with Gasteiger partial charge in [-0.15, -0.1) is 0 Å². The predicted octanol–water partition coefficient (Wildman–Crippen LogP) is -0.0803. The maximum absolute atomic E-state index is 11.3. The van der Waals surface area contributed by atoms with Crippen molar-refractivity contribution in [3.8, 4) is 0 Å². The van der Waals surface area contributed by atoms with E-state index in [0.29, 0.717) is 5.92 Å². The van der Waals surface area contributed by atoms with Crippen molar-refractivity contribution in [3.05, 3.63) is 0 Å². The Morgan fingerprint density at radius 2 is 2.06 bits per heavy atom. The van der Waals surface area contributed by atoms with Crippen molar-refractivity contribution in [2.75, 3.05) is 6.54 Å².